The molecule has 1 spiro atoms. The standard InChI is InChI=1S/C22H33N2O3S/c1-20(2,3)27-19(25)24-13-11-22(12-14-24)15-16-9-7-8-10-17(16)18(22)23-28(26)21(4,5)6/h7-10,18H,11-15H2,1-6H3/q-1/t18-,28?/m1/s1. The summed E-state index contributed by atoms with van der Waals surface area (Å²) < 4.78 is 22.8. The molecule has 1 aromatic rings. The minimum Gasteiger partial charge on any atom is -0.569 e. The van der Waals surface area contributed by atoms with Crippen molar-refractivity contribution in [2.45, 2.75) is 77.2 Å². The molecule has 156 valence electrons. The summed E-state index contributed by atoms with van der Waals surface area (Å²) in [6, 6.07) is 8.30. The molecule has 1 amide bonds. The van der Waals surface area contributed by atoms with Gasteiger partial charge in [-0.2, -0.15) is 0 Å². The first-order valence-electron chi connectivity index (χ1n) is 10.1. The van der Waals surface area contributed by atoms with Crippen LogP contribution in [-0.4, -0.2) is 38.6 Å². The highest BCUT2D eigenvalue weighted by Gasteiger charge is 2.44. The lowest BCUT2D eigenvalue weighted by Crippen LogP contribution is -2.46. The lowest BCUT2D eigenvalue weighted by molar-refractivity contribution is 0.00936. The summed E-state index contributed by atoms with van der Waals surface area (Å²) in [6.45, 7) is 12.9. The maximum atomic E-state index is 12.8. The second-order valence-electron chi connectivity index (χ2n) is 10.1. The fraction of sp³-hybridized carbons (Fsp3) is 0.682. The summed E-state index contributed by atoms with van der Waals surface area (Å²) in [4.78, 5) is 14.3. The molecule has 0 saturated carbocycles. The molecule has 0 radical (unpaired) electrons. The number of likely N-dealkylation sites (tertiary alicyclic amines) is 1. The summed E-state index contributed by atoms with van der Waals surface area (Å²) in [7, 11) is -1.27. The zero-order valence-electron chi connectivity index (χ0n) is 17.9. The largest absolute Gasteiger partial charge is 0.569 e. The minimum atomic E-state index is -1.27. The Kier molecular flexibility index (Phi) is 5.67. The van der Waals surface area contributed by atoms with Crippen LogP contribution in [0.4, 0.5) is 4.79 Å². The Morgan fingerprint density at radius 3 is 2.32 bits per heavy atom. The molecule has 1 aromatic carbocycles. The van der Waals surface area contributed by atoms with E-state index in [0.29, 0.717) is 13.1 Å². The lowest BCUT2D eigenvalue weighted by Gasteiger charge is -2.50. The summed E-state index contributed by atoms with van der Waals surface area (Å²) in [5, 5.41) is 0. The normalized spacial score (nSPS) is 22.8. The summed E-state index contributed by atoms with van der Waals surface area (Å²) in [6.07, 6.45) is 2.37. The predicted molar refractivity (Wildman–Crippen MR) is 114 cm³/mol. The van der Waals surface area contributed by atoms with Crippen LogP contribution >= 0.6 is 0 Å². The van der Waals surface area contributed by atoms with Crippen molar-refractivity contribution < 1.29 is 13.7 Å². The van der Waals surface area contributed by atoms with Crippen molar-refractivity contribution in [2.75, 3.05) is 13.1 Å². The van der Waals surface area contributed by atoms with Crippen LogP contribution in [0.15, 0.2) is 24.3 Å². The van der Waals surface area contributed by atoms with Crippen LogP contribution in [0.3, 0.4) is 0 Å². The number of ether oxygens (including phenoxy) is 1. The molecule has 1 aliphatic carbocycles. The van der Waals surface area contributed by atoms with Crippen LogP contribution in [0.1, 0.15) is 71.6 Å². The molecule has 1 aliphatic heterocycles. The fourth-order valence-corrected chi connectivity index (χ4v) is 4.95. The number of rotatable bonds is 2. The van der Waals surface area contributed by atoms with Gasteiger partial charge in [-0.05, 0) is 51.0 Å². The van der Waals surface area contributed by atoms with Crippen LogP contribution in [0.2, 0.25) is 0 Å². The monoisotopic (exact) mass is 405 g/mol. The first-order valence-corrected chi connectivity index (χ1v) is 11.2. The van der Waals surface area contributed by atoms with Gasteiger partial charge >= 0.3 is 6.09 Å². The van der Waals surface area contributed by atoms with Gasteiger partial charge in [0.05, 0.1) is 0 Å². The van der Waals surface area contributed by atoms with E-state index in [0.717, 1.165) is 19.3 Å². The fourth-order valence-electron chi connectivity index (χ4n) is 4.10. The van der Waals surface area contributed by atoms with E-state index in [1.165, 1.54) is 11.1 Å². The molecular weight excluding hydrogens is 372 g/mol. The number of nitrogens with zero attached hydrogens (tertiary/aromatic N) is 2. The van der Waals surface area contributed by atoms with Gasteiger partial charge in [-0.25, -0.2) is 4.79 Å². The van der Waals surface area contributed by atoms with Gasteiger partial charge in [-0.15, -0.1) is 0 Å². The van der Waals surface area contributed by atoms with Gasteiger partial charge in [0.25, 0.3) is 0 Å². The van der Waals surface area contributed by atoms with Crippen molar-refractivity contribution in [1.29, 1.82) is 0 Å². The van der Waals surface area contributed by atoms with E-state index in [1.807, 2.05) is 47.6 Å². The van der Waals surface area contributed by atoms with Gasteiger partial charge < -0.3 is 14.4 Å². The molecule has 5 nitrogen and oxygen atoms in total. The second kappa shape index (κ2) is 7.45. The lowest BCUT2D eigenvalue weighted by atomic mass is 9.73. The number of carbonyl (C=O) groups excluding carboxylic acids is 1. The van der Waals surface area contributed by atoms with E-state index in [-0.39, 0.29) is 22.3 Å². The van der Waals surface area contributed by atoms with E-state index >= 15 is 0 Å². The second-order valence-corrected chi connectivity index (χ2v) is 12.0. The van der Waals surface area contributed by atoms with Crippen LogP contribution in [0.25, 0.3) is 4.72 Å². The van der Waals surface area contributed by atoms with Gasteiger partial charge in [-0.3, -0.25) is 4.21 Å². The van der Waals surface area contributed by atoms with Crippen molar-refractivity contribution in [3.8, 4) is 0 Å². The van der Waals surface area contributed by atoms with Crippen molar-refractivity contribution in [3.63, 3.8) is 0 Å². The van der Waals surface area contributed by atoms with Crippen molar-refractivity contribution >= 4 is 17.1 Å². The molecule has 0 N–H and O–H groups in total. The Hall–Kier alpha value is -1.40. The van der Waals surface area contributed by atoms with Crippen LogP contribution in [0, 0.1) is 5.41 Å². The Bertz CT molecular complexity index is 756. The average molecular weight is 406 g/mol. The third-order valence-corrected chi connectivity index (χ3v) is 7.06. The number of hydrogen-bond donors (Lipinski definition) is 0. The highest BCUT2D eigenvalue weighted by molar-refractivity contribution is 7.89. The first-order chi connectivity index (χ1) is 12.9. The molecule has 3 rings (SSSR count). The highest BCUT2D eigenvalue weighted by atomic mass is 32.2. The van der Waals surface area contributed by atoms with Crippen molar-refractivity contribution in [2.24, 2.45) is 5.41 Å². The molecule has 0 aromatic heterocycles. The Morgan fingerprint density at radius 1 is 1.14 bits per heavy atom. The average Bonchev–Trinajstić information content (AvgIpc) is 2.86. The zero-order valence-corrected chi connectivity index (χ0v) is 18.8. The van der Waals surface area contributed by atoms with Gasteiger partial charge in [-0.1, -0.05) is 67.6 Å². The number of fused-ring (bicyclic) bond motifs is 1. The molecule has 2 atom stereocenters. The molecule has 28 heavy (non-hydrogen) atoms. The molecule has 1 unspecified atom stereocenters. The summed E-state index contributed by atoms with van der Waals surface area (Å²) >= 11 is 0. The summed E-state index contributed by atoms with van der Waals surface area (Å²) in [5.41, 5.74) is 1.94. The van der Waals surface area contributed by atoms with Crippen molar-refractivity contribution in [1.82, 2.24) is 4.90 Å². The Labute approximate surface area is 171 Å². The predicted octanol–water partition coefficient (Wildman–Crippen LogP) is 5.14. The SMILES string of the molecule is CC(C)(C)OC(=O)N1CCC2(CC1)Cc1ccccc1[C@H]2[N-]S(=O)C(C)(C)C. The van der Waals surface area contributed by atoms with Gasteiger partial charge in [0, 0.05) is 17.8 Å². The van der Waals surface area contributed by atoms with Crippen LogP contribution in [-0.2, 0) is 22.1 Å². The molecule has 1 fully saturated rings. The van der Waals surface area contributed by atoms with E-state index < -0.39 is 16.6 Å². The van der Waals surface area contributed by atoms with E-state index in [2.05, 4.69) is 18.2 Å². The Morgan fingerprint density at radius 2 is 1.75 bits per heavy atom. The highest BCUT2D eigenvalue weighted by Crippen LogP contribution is 2.56. The zero-order chi connectivity index (χ0) is 20.7. The summed E-state index contributed by atoms with van der Waals surface area (Å²) in [5.74, 6) is 0. The number of benzene rings is 1. The van der Waals surface area contributed by atoms with Gasteiger partial charge in [0.15, 0.2) is 0 Å². The Balaban J connectivity index is 1.79. The molecular formula is C22H33N2O3S-. The number of hydrogen-bond acceptors (Lipinski definition) is 3. The quantitative estimate of drug-likeness (QED) is 0.685. The van der Waals surface area contributed by atoms with E-state index in [4.69, 9.17) is 9.46 Å². The molecule has 1 saturated heterocycles. The first kappa shape index (κ1) is 21.3. The topological polar surface area (TPSA) is 60.7 Å². The molecule has 2 aliphatic rings. The van der Waals surface area contributed by atoms with Crippen molar-refractivity contribution in [3.05, 3.63) is 40.1 Å². The van der Waals surface area contributed by atoms with E-state index in [9.17, 15) is 9.00 Å². The third-order valence-electron chi connectivity index (χ3n) is 5.61. The number of amides is 1. The minimum absolute atomic E-state index is 0.0664. The number of carbonyl (C=O) groups is 1. The van der Waals surface area contributed by atoms with Crippen LogP contribution in [0.5, 0.6) is 0 Å². The third kappa shape index (κ3) is 4.43. The molecule has 0 bridgehead atoms. The van der Waals surface area contributed by atoms with Crippen LogP contribution < -0.4 is 0 Å². The number of piperidine rings is 1. The maximum Gasteiger partial charge on any atom is 0.410 e. The smallest absolute Gasteiger partial charge is 0.410 e. The molecule has 1 heterocycles. The van der Waals surface area contributed by atoms with Gasteiger partial charge in [0.1, 0.15) is 5.60 Å². The molecule has 6 heteroatoms. The van der Waals surface area contributed by atoms with E-state index in [1.54, 1.807) is 4.90 Å². The van der Waals surface area contributed by atoms with Gasteiger partial charge in [0.2, 0.25) is 0 Å². The maximum absolute atomic E-state index is 12.8.